The maximum Gasteiger partial charge on any atom is 0.410 e. The van der Waals surface area contributed by atoms with E-state index in [4.69, 9.17) is 18.9 Å². The molecule has 1 aromatic carbocycles. The average molecular weight is 555 g/mol. The summed E-state index contributed by atoms with van der Waals surface area (Å²) < 4.78 is 62.5. The molecule has 1 aromatic heterocycles. The Balaban J connectivity index is 1.55. The predicted octanol–water partition coefficient (Wildman–Crippen LogP) is 1.52. The lowest BCUT2D eigenvalue weighted by atomic mass is 10.1. The summed E-state index contributed by atoms with van der Waals surface area (Å²) in [6, 6.07) is 3.65. The van der Waals surface area contributed by atoms with Crippen LogP contribution in [0.2, 0.25) is 0 Å². The first kappa shape index (κ1) is 27.5. The number of carbonyl (C=O) groups is 2. The third-order valence-electron chi connectivity index (χ3n) is 6.38. The number of sulfonamides is 1. The molecule has 4 rings (SSSR count). The Labute approximate surface area is 218 Å². The van der Waals surface area contributed by atoms with Gasteiger partial charge in [0.25, 0.3) is 5.91 Å². The molecule has 2 fully saturated rings. The van der Waals surface area contributed by atoms with Gasteiger partial charge in [-0.15, -0.1) is 0 Å². The zero-order valence-corrected chi connectivity index (χ0v) is 21.4. The number of pyridine rings is 1. The van der Waals surface area contributed by atoms with Gasteiger partial charge in [0.1, 0.15) is 23.3 Å². The second-order valence-electron chi connectivity index (χ2n) is 8.54. The van der Waals surface area contributed by atoms with Crippen LogP contribution in [-0.2, 0) is 24.3 Å². The van der Waals surface area contributed by atoms with E-state index in [1.165, 1.54) is 48.9 Å². The fraction of sp³-hybridized carbons (Fsp3) is 0.435. The second-order valence-corrected chi connectivity index (χ2v) is 10.4. The largest absolute Gasteiger partial charge is 0.494 e. The summed E-state index contributed by atoms with van der Waals surface area (Å²) >= 11 is 0. The van der Waals surface area contributed by atoms with Crippen LogP contribution in [0.5, 0.6) is 17.4 Å². The van der Waals surface area contributed by atoms with Crippen LogP contribution in [0.4, 0.5) is 9.18 Å². The van der Waals surface area contributed by atoms with Crippen LogP contribution in [-0.4, -0.2) is 91.9 Å². The van der Waals surface area contributed by atoms with Crippen molar-refractivity contribution in [3.8, 4) is 17.4 Å². The number of rotatable bonds is 9. The number of hydrogen-bond donors (Lipinski definition) is 2. The van der Waals surface area contributed by atoms with Crippen LogP contribution in [0.3, 0.4) is 0 Å². The number of nitrogens with one attached hydrogen (secondary N) is 1. The number of ether oxygens (including phenoxy) is 4. The van der Waals surface area contributed by atoms with E-state index in [9.17, 15) is 27.6 Å². The molecule has 2 aromatic rings. The van der Waals surface area contributed by atoms with E-state index in [1.807, 2.05) is 0 Å². The Morgan fingerprint density at radius 1 is 1.18 bits per heavy atom. The van der Waals surface area contributed by atoms with Crippen LogP contribution < -0.4 is 15.0 Å². The molecule has 13 nitrogen and oxygen atoms in total. The van der Waals surface area contributed by atoms with E-state index in [0.717, 1.165) is 16.6 Å². The van der Waals surface area contributed by atoms with Crippen molar-refractivity contribution in [1.29, 1.82) is 0 Å². The first-order valence-corrected chi connectivity index (χ1v) is 13.0. The van der Waals surface area contributed by atoms with E-state index in [-0.39, 0.29) is 42.0 Å². The van der Waals surface area contributed by atoms with Crippen LogP contribution in [0.15, 0.2) is 41.4 Å². The minimum absolute atomic E-state index is 0.00172. The van der Waals surface area contributed by atoms with E-state index in [2.05, 4.69) is 4.98 Å². The Morgan fingerprint density at radius 3 is 2.61 bits per heavy atom. The van der Waals surface area contributed by atoms with Crippen molar-refractivity contribution in [1.82, 2.24) is 19.7 Å². The average Bonchev–Trinajstić information content (AvgIpc) is 3.21. The molecule has 2 aliphatic heterocycles. The van der Waals surface area contributed by atoms with Gasteiger partial charge in [-0.1, -0.05) is 0 Å². The molecule has 2 bridgehead atoms. The van der Waals surface area contributed by atoms with Gasteiger partial charge < -0.3 is 18.9 Å². The topological polar surface area (TPSA) is 157 Å². The summed E-state index contributed by atoms with van der Waals surface area (Å²) in [5.74, 6) is -1.47. The Kier molecular flexibility index (Phi) is 8.30. The van der Waals surface area contributed by atoms with Gasteiger partial charge in [0, 0.05) is 31.8 Å². The number of aromatic nitrogens is 1. The minimum atomic E-state index is -4.30. The Hall–Kier alpha value is -3.53. The van der Waals surface area contributed by atoms with Crippen molar-refractivity contribution in [3.05, 3.63) is 42.3 Å². The monoisotopic (exact) mass is 554 g/mol. The molecule has 0 saturated carbocycles. The molecule has 2 amide bonds. The molecule has 15 heteroatoms. The molecular formula is C23H27FN4O9S. The highest BCUT2D eigenvalue weighted by atomic mass is 32.2. The number of amides is 2. The third-order valence-corrected chi connectivity index (χ3v) is 8.21. The van der Waals surface area contributed by atoms with Crippen molar-refractivity contribution < 1.29 is 46.6 Å². The van der Waals surface area contributed by atoms with Crippen LogP contribution in [0.1, 0.15) is 12.8 Å². The molecule has 38 heavy (non-hydrogen) atoms. The van der Waals surface area contributed by atoms with Crippen LogP contribution in [0.25, 0.3) is 0 Å². The first-order chi connectivity index (χ1) is 18.2. The molecule has 0 unspecified atom stereocenters. The number of benzene rings is 1. The smallest absolute Gasteiger partial charge is 0.410 e. The number of hydrogen-bond acceptors (Lipinski definition) is 10. The van der Waals surface area contributed by atoms with Gasteiger partial charge in [-0.3, -0.25) is 14.9 Å². The number of halogens is 1. The predicted molar refractivity (Wildman–Crippen MR) is 127 cm³/mol. The number of fused-ring (bicyclic) bond motifs is 2. The lowest BCUT2D eigenvalue weighted by molar-refractivity contribution is -0.136. The molecule has 0 spiro atoms. The number of carbonyl (C=O) groups excluding carboxylic acids is 2. The van der Waals surface area contributed by atoms with E-state index >= 15 is 0 Å². The third kappa shape index (κ3) is 5.36. The highest BCUT2D eigenvalue weighted by Crippen LogP contribution is 2.38. The van der Waals surface area contributed by atoms with Gasteiger partial charge in [0.2, 0.25) is 15.9 Å². The molecule has 2 N–H and O–H groups in total. The van der Waals surface area contributed by atoms with Gasteiger partial charge in [-0.05, 0) is 31.0 Å². The van der Waals surface area contributed by atoms with Gasteiger partial charge in [-0.2, -0.15) is 4.31 Å². The maximum absolute atomic E-state index is 13.9. The normalized spacial score (nSPS) is 21.2. The van der Waals surface area contributed by atoms with E-state index < -0.39 is 46.0 Å². The molecule has 206 valence electrons. The standard InChI is InChI=1S/C23H27FN4O9S/c1-34-9-10-36-23(30)28-14-3-6-18(28)21(22(29)26-31)27(13-14)38(32,33)16-5-8-20(25-12-16)37-15-4-7-19(35-2)17(24)11-15/h4-5,7-8,11-12,14,18,21,31H,3,6,9-10,13H2,1-2H3,(H,26,29)/t14-,18+,21-/m1/s1. The van der Waals surface area contributed by atoms with Gasteiger partial charge >= 0.3 is 6.09 Å². The summed E-state index contributed by atoms with van der Waals surface area (Å²) in [7, 11) is -1.52. The zero-order valence-electron chi connectivity index (χ0n) is 20.6. The molecule has 2 aliphatic rings. The lowest BCUT2D eigenvalue weighted by Crippen LogP contribution is -2.66. The van der Waals surface area contributed by atoms with Crippen molar-refractivity contribution in [2.45, 2.75) is 35.9 Å². The number of methoxy groups -OCH3 is 2. The molecule has 0 aliphatic carbocycles. The van der Waals surface area contributed by atoms with E-state index in [1.54, 1.807) is 0 Å². The molecule has 3 atom stereocenters. The summed E-state index contributed by atoms with van der Waals surface area (Å²) in [5, 5.41) is 9.36. The highest BCUT2D eigenvalue weighted by molar-refractivity contribution is 7.89. The van der Waals surface area contributed by atoms with Crippen molar-refractivity contribution >= 4 is 22.0 Å². The van der Waals surface area contributed by atoms with Gasteiger partial charge in [0.05, 0.1) is 26.0 Å². The SMILES string of the molecule is COCCOC(=O)N1[C@@H]2CC[C@H]1[C@H](C(=O)NO)N(S(=O)(=O)c1ccc(Oc3ccc(OC)c(F)c3)nc1)C2. The maximum atomic E-state index is 13.9. The summed E-state index contributed by atoms with van der Waals surface area (Å²) in [6.07, 6.45) is 1.12. The van der Waals surface area contributed by atoms with Crippen molar-refractivity contribution in [2.75, 3.05) is 34.0 Å². The molecule has 2 saturated heterocycles. The van der Waals surface area contributed by atoms with Gasteiger partial charge in [-0.25, -0.2) is 28.1 Å². The van der Waals surface area contributed by atoms with Crippen LogP contribution in [0, 0.1) is 5.82 Å². The Bertz CT molecular complexity index is 1280. The fourth-order valence-electron chi connectivity index (χ4n) is 4.65. The summed E-state index contributed by atoms with van der Waals surface area (Å²) in [4.78, 5) is 30.5. The summed E-state index contributed by atoms with van der Waals surface area (Å²) in [6.45, 7) is -0.0246. The van der Waals surface area contributed by atoms with Crippen molar-refractivity contribution in [2.24, 2.45) is 0 Å². The van der Waals surface area contributed by atoms with Gasteiger partial charge in [0.15, 0.2) is 11.6 Å². The number of hydroxylamine groups is 1. The molecular weight excluding hydrogens is 527 g/mol. The first-order valence-electron chi connectivity index (χ1n) is 11.6. The quantitative estimate of drug-likeness (QED) is 0.265. The van der Waals surface area contributed by atoms with E-state index in [0.29, 0.717) is 12.8 Å². The zero-order chi connectivity index (χ0) is 27.4. The fourth-order valence-corrected chi connectivity index (χ4v) is 6.25. The highest BCUT2D eigenvalue weighted by Gasteiger charge is 2.55. The second kappa shape index (κ2) is 11.5. The number of piperazine rings is 1. The summed E-state index contributed by atoms with van der Waals surface area (Å²) in [5.41, 5.74) is 1.51. The Morgan fingerprint density at radius 2 is 1.97 bits per heavy atom. The minimum Gasteiger partial charge on any atom is -0.494 e. The lowest BCUT2D eigenvalue weighted by Gasteiger charge is -2.44. The molecule has 0 radical (unpaired) electrons. The van der Waals surface area contributed by atoms with Crippen LogP contribution >= 0.6 is 0 Å². The molecule has 3 heterocycles. The van der Waals surface area contributed by atoms with Crippen molar-refractivity contribution in [3.63, 3.8) is 0 Å². The number of nitrogens with zero attached hydrogens (tertiary/aromatic N) is 3.